The van der Waals surface area contributed by atoms with Gasteiger partial charge in [0.15, 0.2) is 5.82 Å². The third kappa shape index (κ3) is 2.62. The highest BCUT2D eigenvalue weighted by molar-refractivity contribution is 5.10. The molecule has 4 nitrogen and oxygen atoms in total. The summed E-state index contributed by atoms with van der Waals surface area (Å²) in [6.07, 6.45) is 13.1. The number of nitrogens with two attached hydrogens (primary N) is 1. The zero-order chi connectivity index (χ0) is 14.1. The maximum atomic E-state index is 6.58. The molecule has 0 atom stereocenters. The van der Waals surface area contributed by atoms with Crippen LogP contribution in [0.5, 0.6) is 0 Å². The maximum absolute atomic E-state index is 6.58. The van der Waals surface area contributed by atoms with Crippen LogP contribution in [0.4, 0.5) is 0 Å². The Morgan fingerprint density at radius 2 is 1.45 bits per heavy atom. The van der Waals surface area contributed by atoms with Gasteiger partial charge in [-0.1, -0.05) is 57.0 Å². The van der Waals surface area contributed by atoms with Gasteiger partial charge in [0.25, 0.3) is 0 Å². The van der Waals surface area contributed by atoms with Crippen molar-refractivity contribution in [2.75, 3.05) is 0 Å². The van der Waals surface area contributed by atoms with E-state index in [4.69, 9.17) is 15.2 Å². The first-order valence-corrected chi connectivity index (χ1v) is 8.26. The lowest BCUT2D eigenvalue weighted by Crippen LogP contribution is -2.37. The van der Waals surface area contributed by atoms with Gasteiger partial charge >= 0.3 is 0 Å². The van der Waals surface area contributed by atoms with Gasteiger partial charge in [-0.3, -0.25) is 0 Å². The van der Waals surface area contributed by atoms with Crippen LogP contribution in [0.2, 0.25) is 0 Å². The van der Waals surface area contributed by atoms with Crippen molar-refractivity contribution in [3.8, 4) is 0 Å². The molecule has 3 rings (SSSR count). The Balaban J connectivity index is 1.82. The molecule has 1 aromatic rings. The van der Waals surface area contributed by atoms with Crippen LogP contribution < -0.4 is 5.73 Å². The topological polar surface area (TPSA) is 64.9 Å². The Kier molecular flexibility index (Phi) is 3.85. The second kappa shape index (κ2) is 5.47. The Morgan fingerprint density at radius 1 is 0.900 bits per heavy atom. The molecule has 0 saturated heterocycles. The molecule has 2 aliphatic rings. The van der Waals surface area contributed by atoms with Crippen LogP contribution in [0.3, 0.4) is 0 Å². The zero-order valence-corrected chi connectivity index (χ0v) is 12.7. The van der Waals surface area contributed by atoms with Gasteiger partial charge in [-0.2, -0.15) is 4.98 Å². The quantitative estimate of drug-likeness (QED) is 0.835. The van der Waals surface area contributed by atoms with E-state index < -0.39 is 0 Å². The summed E-state index contributed by atoms with van der Waals surface area (Å²) in [5.74, 6) is 1.57. The number of aromatic nitrogens is 2. The molecule has 0 amide bonds. The zero-order valence-electron chi connectivity index (χ0n) is 12.7. The summed E-state index contributed by atoms with van der Waals surface area (Å²) in [6.45, 7) is 2.26. The molecule has 0 aromatic carbocycles. The van der Waals surface area contributed by atoms with Crippen LogP contribution >= 0.6 is 0 Å². The monoisotopic (exact) mass is 277 g/mol. The molecule has 0 unspecified atom stereocenters. The fraction of sp³-hybridized carbons (Fsp3) is 0.875. The summed E-state index contributed by atoms with van der Waals surface area (Å²) in [5.41, 5.74) is 6.30. The molecule has 0 radical (unpaired) electrons. The van der Waals surface area contributed by atoms with Gasteiger partial charge < -0.3 is 10.3 Å². The van der Waals surface area contributed by atoms with Gasteiger partial charge in [0.2, 0.25) is 5.89 Å². The molecule has 0 aliphatic heterocycles. The molecule has 2 saturated carbocycles. The van der Waals surface area contributed by atoms with E-state index in [0.717, 1.165) is 37.4 Å². The Bertz CT molecular complexity index is 440. The second-order valence-electron chi connectivity index (χ2n) is 7.11. The van der Waals surface area contributed by atoms with Gasteiger partial charge in [0.05, 0.1) is 5.54 Å². The lowest BCUT2D eigenvalue weighted by Gasteiger charge is -2.29. The van der Waals surface area contributed by atoms with E-state index in [1.165, 1.54) is 44.9 Å². The van der Waals surface area contributed by atoms with E-state index in [-0.39, 0.29) is 11.0 Å². The standard InChI is InChI=1S/C16H27N3O/c1-15(9-5-4-6-10-15)14-18-13(19-20-14)16(17)11-7-2-3-8-12-16/h2-12,17H2,1H3. The van der Waals surface area contributed by atoms with Crippen LogP contribution in [0.1, 0.15) is 89.3 Å². The van der Waals surface area contributed by atoms with E-state index in [1.807, 2.05) is 0 Å². The molecule has 2 aliphatic carbocycles. The van der Waals surface area contributed by atoms with Crippen LogP contribution in [0, 0.1) is 0 Å². The lowest BCUT2D eigenvalue weighted by atomic mass is 9.75. The molecule has 2 fully saturated rings. The van der Waals surface area contributed by atoms with Crippen molar-refractivity contribution < 1.29 is 4.52 Å². The fourth-order valence-electron chi connectivity index (χ4n) is 3.80. The molecule has 1 aromatic heterocycles. The van der Waals surface area contributed by atoms with Gasteiger partial charge in [0.1, 0.15) is 0 Å². The van der Waals surface area contributed by atoms with Crippen LogP contribution in [-0.4, -0.2) is 10.1 Å². The smallest absolute Gasteiger partial charge is 0.232 e. The van der Waals surface area contributed by atoms with Crippen molar-refractivity contribution in [2.45, 2.75) is 88.5 Å². The molecule has 112 valence electrons. The maximum Gasteiger partial charge on any atom is 0.232 e. The molecule has 2 N–H and O–H groups in total. The van der Waals surface area contributed by atoms with Gasteiger partial charge in [0, 0.05) is 5.41 Å². The van der Waals surface area contributed by atoms with E-state index in [2.05, 4.69) is 12.1 Å². The normalized spacial score (nSPS) is 26.1. The summed E-state index contributed by atoms with van der Waals surface area (Å²) in [4.78, 5) is 4.74. The van der Waals surface area contributed by atoms with Gasteiger partial charge in [-0.15, -0.1) is 0 Å². The molecular formula is C16H27N3O. The molecule has 0 spiro atoms. The van der Waals surface area contributed by atoms with E-state index >= 15 is 0 Å². The van der Waals surface area contributed by atoms with Crippen LogP contribution in [-0.2, 0) is 11.0 Å². The van der Waals surface area contributed by atoms with Crippen LogP contribution in [0.15, 0.2) is 4.52 Å². The Labute approximate surface area is 121 Å². The van der Waals surface area contributed by atoms with Crippen LogP contribution in [0.25, 0.3) is 0 Å². The van der Waals surface area contributed by atoms with Crippen molar-refractivity contribution >= 4 is 0 Å². The first kappa shape index (κ1) is 14.1. The minimum atomic E-state index is -0.358. The SMILES string of the molecule is CC1(c2nc(C3(N)CCCCCC3)no2)CCCCC1. The highest BCUT2D eigenvalue weighted by atomic mass is 16.5. The van der Waals surface area contributed by atoms with Crippen molar-refractivity contribution in [3.63, 3.8) is 0 Å². The molecule has 0 bridgehead atoms. The van der Waals surface area contributed by atoms with Crippen molar-refractivity contribution in [1.82, 2.24) is 10.1 Å². The second-order valence-corrected chi connectivity index (χ2v) is 7.11. The predicted molar refractivity (Wildman–Crippen MR) is 78.3 cm³/mol. The molecule has 1 heterocycles. The lowest BCUT2D eigenvalue weighted by molar-refractivity contribution is 0.230. The highest BCUT2D eigenvalue weighted by Crippen LogP contribution is 2.39. The van der Waals surface area contributed by atoms with E-state index in [1.54, 1.807) is 0 Å². The number of nitrogens with zero attached hydrogens (tertiary/aromatic N) is 2. The van der Waals surface area contributed by atoms with E-state index in [9.17, 15) is 0 Å². The largest absolute Gasteiger partial charge is 0.339 e. The summed E-state index contributed by atoms with van der Waals surface area (Å²) in [7, 11) is 0. The number of hydrogen-bond donors (Lipinski definition) is 1. The third-order valence-corrected chi connectivity index (χ3v) is 5.34. The Morgan fingerprint density at radius 3 is 2.10 bits per heavy atom. The summed E-state index contributed by atoms with van der Waals surface area (Å²) < 4.78 is 5.63. The van der Waals surface area contributed by atoms with Crippen molar-refractivity contribution in [2.24, 2.45) is 5.73 Å². The van der Waals surface area contributed by atoms with Crippen molar-refractivity contribution in [3.05, 3.63) is 11.7 Å². The highest BCUT2D eigenvalue weighted by Gasteiger charge is 2.38. The first-order valence-electron chi connectivity index (χ1n) is 8.26. The number of hydrogen-bond acceptors (Lipinski definition) is 4. The minimum absolute atomic E-state index is 0.0740. The summed E-state index contributed by atoms with van der Waals surface area (Å²) in [5, 5.41) is 4.26. The van der Waals surface area contributed by atoms with Crippen molar-refractivity contribution in [1.29, 1.82) is 0 Å². The summed E-state index contributed by atoms with van der Waals surface area (Å²) >= 11 is 0. The predicted octanol–water partition coefficient (Wildman–Crippen LogP) is 3.80. The third-order valence-electron chi connectivity index (χ3n) is 5.34. The summed E-state index contributed by atoms with van der Waals surface area (Å²) in [6, 6.07) is 0. The number of rotatable bonds is 2. The van der Waals surface area contributed by atoms with Gasteiger partial charge in [-0.25, -0.2) is 0 Å². The van der Waals surface area contributed by atoms with Gasteiger partial charge in [-0.05, 0) is 25.7 Å². The average molecular weight is 277 g/mol. The fourth-order valence-corrected chi connectivity index (χ4v) is 3.80. The average Bonchev–Trinajstić information content (AvgIpc) is 2.86. The minimum Gasteiger partial charge on any atom is -0.339 e. The molecule has 20 heavy (non-hydrogen) atoms. The molecule has 4 heteroatoms. The first-order chi connectivity index (χ1) is 9.62. The Hall–Kier alpha value is -0.900. The molecular weight excluding hydrogens is 250 g/mol. The van der Waals surface area contributed by atoms with E-state index in [0.29, 0.717) is 0 Å².